The number of likely N-dealkylation sites (tertiary alicyclic amines) is 1. The maximum Gasteiger partial charge on any atom is 0.226 e. The molecule has 0 bridgehead atoms. The van der Waals surface area contributed by atoms with Crippen LogP contribution in [0.1, 0.15) is 30.7 Å². The van der Waals surface area contributed by atoms with Crippen LogP contribution in [-0.2, 0) is 4.79 Å². The van der Waals surface area contributed by atoms with E-state index in [1.165, 1.54) is 0 Å². The van der Waals surface area contributed by atoms with Crippen LogP contribution in [0.2, 0.25) is 0 Å². The number of amides is 1. The smallest absolute Gasteiger partial charge is 0.226 e. The largest absolute Gasteiger partial charge is 0.496 e. The molecule has 1 aliphatic carbocycles. The SMILES string of the molecule is COc1ccccc1C1CC1C(=O)N1CCC(O)CC1. The molecule has 2 unspecified atom stereocenters. The second kappa shape index (κ2) is 5.44. The van der Waals surface area contributed by atoms with E-state index in [4.69, 9.17) is 4.74 Å². The Kier molecular flexibility index (Phi) is 3.66. The van der Waals surface area contributed by atoms with Gasteiger partial charge < -0.3 is 14.7 Å². The number of hydrogen-bond acceptors (Lipinski definition) is 3. The first-order chi connectivity index (χ1) is 9.70. The highest BCUT2D eigenvalue weighted by Crippen LogP contribution is 2.51. The molecule has 1 amide bonds. The van der Waals surface area contributed by atoms with Crippen molar-refractivity contribution < 1.29 is 14.6 Å². The normalized spacial score (nSPS) is 26.4. The summed E-state index contributed by atoms with van der Waals surface area (Å²) in [6.07, 6.45) is 2.09. The Labute approximate surface area is 119 Å². The number of carbonyl (C=O) groups excluding carboxylic acids is 1. The van der Waals surface area contributed by atoms with E-state index in [1.807, 2.05) is 23.1 Å². The molecule has 1 aromatic carbocycles. The van der Waals surface area contributed by atoms with Crippen molar-refractivity contribution >= 4 is 5.91 Å². The molecule has 4 heteroatoms. The van der Waals surface area contributed by atoms with Crippen LogP contribution in [0.15, 0.2) is 24.3 Å². The van der Waals surface area contributed by atoms with Crippen molar-refractivity contribution in [3.05, 3.63) is 29.8 Å². The first-order valence-electron chi connectivity index (χ1n) is 7.30. The van der Waals surface area contributed by atoms with E-state index >= 15 is 0 Å². The number of aliphatic hydroxyl groups is 1. The molecule has 1 aliphatic heterocycles. The Morgan fingerprint density at radius 1 is 1.30 bits per heavy atom. The van der Waals surface area contributed by atoms with Gasteiger partial charge >= 0.3 is 0 Å². The third-order valence-electron chi connectivity index (χ3n) is 4.42. The molecule has 4 nitrogen and oxygen atoms in total. The Morgan fingerprint density at radius 2 is 2.00 bits per heavy atom. The van der Waals surface area contributed by atoms with Gasteiger partial charge in [-0.3, -0.25) is 4.79 Å². The first kappa shape index (κ1) is 13.4. The van der Waals surface area contributed by atoms with Crippen LogP contribution in [0.25, 0.3) is 0 Å². The van der Waals surface area contributed by atoms with E-state index in [1.54, 1.807) is 7.11 Å². The van der Waals surface area contributed by atoms with Gasteiger partial charge in [0.15, 0.2) is 0 Å². The minimum atomic E-state index is -0.233. The number of para-hydroxylation sites is 1. The van der Waals surface area contributed by atoms with Crippen LogP contribution in [0.5, 0.6) is 5.75 Å². The third kappa shape index (κ3) is 2.52. The third-order valence-corrected chi connectivity index (χ3v) is 4.42. The number of carbonyl (C=O) groups is 1. The van der Waals surface area contributed by atoms with E-state index in [-0.39, 0.29) is 17.9 Å². The second-order valence-electron chi connectivity index (χ2n) is 5.75. The predicted octanol–water partition coefficient (Wildman–Crippen LogP) is 1.78. The molecule has 1 heterocycles. The van der Waals surface area contributed by atoms with E-state index in [2.05, 4.69) is 6.07 Å². The predicted molar refractivity (Wildman–Crippen MR) is 75.7 cm³/mol. The number of hydrogen-bond donors (Lipinski definition) is 1. The lowest BCUT2D eigenvalue weighted by Crippen LogP contribution is -2.41. The van der Waals surface area contributed by atoms with Crippen LogP contribution in [0.4, 0.5) is 0 Å². The monoisotopic (exact) mass is 275 g/mol. The molecule has 0 spiro atoms. The van der Waals surface area contributed by atoms with Gasteiger partial charge in [0.25, 0.3) is 0 Å². The number of methoxy groups -OCH3 is 1. The molecule has 1 N–H and O–H groups in total. The zero-order valence-electron chi connectivity index (χ0n) is 11.8. The highest BCUT2D eigenvalue weighted by molar-refractivity contribution is 5.83. The van der Waals surface area contributed by atoms with Crippen molar-refractivity contribution in [2.45, 2.75) is 31.3 Å². The molecule has 1 saturated heterocycles. The lowest BCUT2D eigenvalue weighted by atomic mass is 10.1. The molecule has 3 rings (SSSR count). The number of aliphatic hydroxyl groups excluding tert-OH is 1. The molecule has 0 aromatic heterocycles. The minimum absolute atomic E-state index is 0.0987. The van der Waals surface area contributed by atoms with Crippen LogP contribution in [0, 0.1) is 5.92 Å². The van der Waals surface area contributed by atoms with Crippen molar-refractivity contribution in [2.75, 3.05) is 20.2 Å². The quantitative estimate of drug-likeness (QED) is 0.915. The van der Waals surface area contributed by atoms with Crippen molar-refractivity contribution in [1.82, 2.24) is 4.90 Å². The summed E-state index contributed by atoms with van der Waals surface area (Å²) in [5, 5.41) is 9.51. The van der Waals surface area contributed by atoms with Gasteiger partial charge in [-0.1, -0.05) is 18.2 Å². The fourth-order valence-corrected chi connectivity index (χ4v) is 3.11. The van der Waals surface area contributed by atoms with Crippen LogP contribution in [0.3, 0.4) is 0 Å². The van der Waals surface area contributed by atoms with Gasteiger partial charge in [-0.15, -0.1) is 0 Å². The topological polar surface area (TPSA) is 49.8 Å². The number of piperidine rings is 1. The van der Waals surface area contributed by atoms with Gasteiger partial charge in [-0.25, -0.2) is 0 Å². The second-order valence-corrected chi connectivity index (χ2v) is 5.75. The number of rotatable bonds is 3. The van der Waals surface area contributed by atoms with Crippen LogP contribution < -0.4 is 4.74 Å². The molecular weight excluding hydrogens is 254 g/mol. The number of ether oxygens (including phenoxy) is 1. The zero-order valence-corrected chi connectivity index (χ0v) is 11.8. The van der Waals surface area contributed by atoms with E-state index in [0.717, 1.165) is 17.7 Å². The summed E-state index contributed by atoms with van der Waals surface area (Å²) >= 11 is 0. The molecular formula is C16H21NO3. The maximum absolute atomic E-state index is 12.5. The summed E-state index contributed by atoms with van der Waals surface area (Å²) in [7, 11) is 1.67. The van der Waals surface area contributed by atoms with E-state index in [0.29, 0.717) is 31.8 Å². The van der Waals surface area contributed by atoms with Gasteiger partial charge in [-0.2, -0.15) is 0 Å². The fourth-order valence-electron chi connectivity index (χ4n) is 3.11. The lowest BCUT2D eigenvalue weighted by molar-refractivity contribution is -0.134. The number of benzene rings is 1. The maximum atomic E-state index is 12.5. The fraction of sp³-hybridized carbons (Fsp3) is 0.562. The molecule has 2 atom stereocenters. The summed E-state index contributed by atoms with van der Waals surface area (Å²) in [6, 6.07) is 7.95. The van der Waals surface area contributed by atoms with Crippen molar-refractivity contribution in [1.29, 1.82) is 0 Å². The van der Waals surface area contributed by atoms with Crippen molar-refractivity contribution in [3.63, 3.8) is 0 Å². The number of nitrogens with zero attached hydrogens (tertiary/aromatic N) is 1. The van der Waals surface area contributed by atoms with Crippen molar-refractivity contribution in [2.24, 2.45) is 5.92 Å². The lowest BCUT2D eigenvalue weighted by Gasteiger charge is -2.29. The average molecular weight is 275 g/mol. The van der Waals surface area contributed by atoms with Gasteiger partial charge in [0, 0.05) is 19.0 Å². The molecule has 20 heavy (non-hydrogen) atoms. The van der Waals surface area contributed by atoms with Gasteiger partial charge in [0.2, 0.25) is 5.91 Å². The Hall–Kier alpha value is -1.55. The van der Waals surface area contributed by atoms with Crippen molar-refractivity contribution in [3.8, 4) is 5.75 Å². The summed E-state index contributed by atoms with van der Waals surface area (Å²) in [5.74, 6) is 1.52. The molecule has 1 aromatic rings. The highest BCUT2D eigenvalue weighted by Gasteiger charge is 2.47. The Morgan fingerprint density at radius 3 is 2.70 bits per heavy atom. The van der Waals surface area contributed by atoms with E-state index in [9.17, 15) is 9.90 Å². The zero-order chi connectivity index (χ0) is 14.1. The molecule has 1 saturated carbocycles. The van der Waals surface area contributed by atoms with Gasteiger partial charge in [-0.05, 0) is 36.8 Å². The summed E-state index contributed by atoms with van der Waals surface area (Å²) < 4.78 is 5.38. The Bertz CT molecular complexity index is 494. The van der Waals surface area contributed by atoms with E-state index < -0.39 is 0 Å². The summed E-state index contributed by atoms with van der Waals surface area (Å²) in [5.41, 5.74) is 1.14. The summed E-state index contributed by atoms with van der Waals surface area (Å²) in [4.78, 5) is 14.4. The molecule has 2 aliphatic rings. The van der Waals surface area contributed by atoms with Gasteiger partial charge in [0.05, 0.1) is 13.2 Å². The summed E-state index contributed by atoms with van der Waals surface area (Å²) in [6.45, 7) is 1.38. The average Bonchev–Trinajstić information content (AvgIpc) is 3.27. The Balaban J connectivity index is 1.65. The first-order valence-corrected chi connectivity index (χ1v) is 7.30. The molecule has 2 fully saturated rings. The van der Waals surface area contributed by atoms with Crippen LogP contribution in [-0.4, -0.2) is 42.2 Å². The minimum Gasteiger partial charge on any atom is -0.496 e. The standard InChI is InChI=1S/C16H21NO3/c1-20-15-5-3-2-4-12(15)13-10-14(13)16(19)17-8-6-11(18)7-9-17/h2-5,11,13-14,18H,6-10H2,1H3. The molecule has 0 radical (unpaired) electrons. The van der Waals surface area contributed by atoms with Crippen LogP contribution >= 0.6 is 0 Å². The highest BCUT2D eigenvalue weighted by atomic mass is 16.5. The van der Waals surface area contributed by atoms with Gasteiger partial charge in [0.1, 0.15) is 5.75 Å². The molecule has 108 valence electrons.